The Bertz CT molecular complexity index is 607. The first kappa shape index (κ1) is 14.7. The summed E-state index contributed by atoms with van der Waals surface area (Å²) in [5.74, 6) is 1.19. The second-order valence-corrected chi connectivity index (χ2v) is 6.44. The second kappa shape index (κ2) is 5.75. The van der Waals surface area contributed by atoms with Crippen molar-refractivity contribution in [1.82, 2.24) is 19.7 Å². The third-order valence-corrected chi connectivity index (χ3v) is 4.46. The van der Waals surface area contributed by atoms with Gasteiger partial charge in [0.1, 0.15) is 5.15 Å². The average Bonchev–Trinajstić information content (AvgIpc) is 2.63. The molecule has 102 valence electrons. The van der Waals surface area contributed by atoms with Gasteiger partial charge in [0.2, 0.25) is 0 Å². The van der Waals surface area contributed by atoms with Gasteiger partial charge in [-0.3, -0.25) is 4.68 Å². The van der Waals surface area contributed by atoms with Crippen molar-refractivity contribution in [3.8, 4) is 11.4 Å². The van der Waals surface area contributed by atoms with Gasteiger partial charge >= 0.3 is 0 Å². The molecular weight excluding hydrogens is 375 g/mol. The molecule has 0 atom stereocenters. The number of aromatic nitrogens is 4. The predicted octanol–water partition coefficient (Wildman–Crippen LogP) is 3.64. The zero-order valence-corrected chi connectivity index (χ0v) is 14.3. The number of hydrogen-bond acceptors (Lipinski definition) is 3. The highest BCUT2D eigenvalue weighted by atomic mass is 127. The van der Waals surface area contributed by atoms with E-state index in [4.69, 9.17) is 11.6 Å². The van der Waals surface area contributed by atoms with E-state index in [0.717, 1.165) is 26.9 Å². The molecule has 2 heterocycles. The number of aryl methyl sites for hydroxylation is 2. The van der Waals surface area contributed by atoms with E-state index in [1.54, 1.807) is 4.68 Å². The standard InChI is InChI=1S/C13H16ClIN4/c1-7(2)5-10-11(15)12(14)17-13(16-10)9-6-19(4)18-8(9)3/h6-7H,5H2,1-4H3. The molecule has 2 aromatic heterocycles. The van der Waals surface area contributed by atoms with E-state index in [2.05, 4.69) is 51.5 Å². The lowest BCUT2D eigenvalue weighted by Crippen LogP contribution is -2.04. The second-order valence-electron chi connectivity index (χ2n) is 5.00. The van der Waals surface area contributed by atoms with Crippen molar-refractivity contribution in [3.05, 3.63) is 26.3 Å². The van der Waals surface area contributed by atoms with Crippen LogP contribution in [0.25, 0.3) is 11.4 Å². The summed E-state index contributed by atoms with van der Waals surface area (Å²) in [6.45, 7) is 6.29. The minimum absolute atomic E-state index is 0.518. The summed E-state index contributed by atoms with van der Waals surface area (Å²) in [4.78, 5) is 9.04. The van der Waals surface area contributed by atoms with Crippen molar-refractivity contribution in [3.63, 3.8) is 0 Å². The van der Waals surface area contributed by atoms with Crippen molar-refractivity contribution in [2.45, 2.75) is 27.2 Å². The summed E-state index contributed by atoms with van der Waals surface area (Å²) in [5.41, 5.74) is 2.86. The Hall–Kier alpha value is -0.690. The van der Waals surface area contributed by atoms with Crippen LogP contribution >= 0.6 is 34.2 Å². The van der Waals surface area contributed by atoms with E-state index in [1.807, 2.05) is 20.2 Å². The van der Waals surface area contributed by atoms with E-state index in [0.29, 0.717) is 16.9 Å². The zero-order chi connectivity index (χ0) is 14.2. The number of halogens is 2. The highest BCUT2D eigenvalue weighted by Gasteiger charge is 2.15. The smallest absolute Gasteiger partial charge is 0.164 e. The molecule has 0 saturated heterocycles. The minimum atomic E-state index is 0.518. The zero-order valence-electron chi connectivity index (χ0n) is 11.4. The van der Waals surface area contributed by atoms with Gasteiger partial charge in [0.15, 0.2) is 5.82 Å². The van der Waals surface area contributed by atoms with E-state index in [9.17, 15) is 0 Å². The molecule has 0 spiro atoms. The summed E-state index contributed by atoms with van der Waals surface area (Å²) in [6.07, 6.45) is 2.82. The van der Waals surface area contributed by atoms with Crippen molar-refractivity contribution >= 4 is 34.2 Å². The summed E-state index contributed by atoms with van der Waals surface area (Å²) in [6, 6.07) is 0. The van der Waals surface area contributed by atoms with Gasteiger partial charge in [-0.15, -0.1) is 0 Å². The lowest BCUT2D eigenvalue weighted by atomic mass is 10.1. The van der Waals surface area contributed by atoms with Crippen molar-refractivity contribution < 1.29 is 0 Å². The fraction of sp³-hybridized carbons (Fsp3) is 0.462. The molecule has 0 aromatic carbocycles. The lowest BCUT2D eigenvalue weighted by Gasteiger charge is -2.09. The maximum absolute atomic E-state index is 6.23. The molecule has 19 heavy (non-hydrogen) atoms. The largest absolute Gasteiger partial charge is 0.275 e. The van der Waals surface area contributed by atoms with Gasteiger partial charge in [-0.05, 0) is 41.9 Å². The normalized spacial score (nSPS) is 11.3. The van der Waals surface area contributed by atoms with Crippen LogP contribution in [0, 0.1) is 16.4 Å². The Morgan fingerprint density at radius 2 is 2.05 bits per heavy atom. The van der Waals surface area contributed by atoms with Crippen molar-refractivity contribution in [2.75, 3.05) is 0 Å². The molecular formula is C13H16ClIN4. The van der Waals surface area contributed by atoms with Crippen LogP contribution in [0.1, 0.15) is 25.2 Å². The fourth-order valence-electron chi connectivity index (χ4n) is 1.92. The average molecular weight is 391 g/mol. The van der Waals surface area contributed by atoms with E-state index >= 15 is 0 Å². The minimum Gasteiger partial charge on any atom is -0.275 e. The molecule has 4 nitrogen and oxygen atoms in total. The molecule has 0 radical (unpaired) electrons. The highest BCUT2D eigenvalue weighted by Crippen LogP contribution is 2.26. The molecule has 2 rings (SSSR count). The Morgan fingerprint density at radius 3 is 2.58 bits per heavy atom. The molecule has 0 aliphatic rings. The first-order valence-corrected chi connectivity index (χ1v) is 7.56. The SMILES string of the molecule is Cc1nn(C)cc1-c1nc(Cl)c(I)c(CC(C)C)n1. The molecule has 0 N–H and O–H groups in total. The van der Waals surface area contributed by atoms with Gasteiger partial charge in [0.05, 0.1) is 20.5 Å². The van der Waals surface area contributed by atoms with Crippen LogP contribution in [0.4, 0.5) is 0 Å². The van der Waals surface area contributed by atoms with Gasteiger partial charge in [0.25, 0.3) is 0 Å². The molecule has 2 aromatic rings. The molecule has 0 fully saturated rings. The fourth-order valence-corrected chi connectivity index (χ4v) is 2.58. The van der Waals surface area contributed by atoms with Crippen LogP contribution in [-0.4, -0.2) is 19.7 Å². The molecule has 0 bridgehead atoms. The molecule has 0 amide bonds. The van der Waals surface area contributed by atoms with Crippen LogP contribution in [0.5, 0.6) is 0 Å². The molecule has 6 heteroatoms. The van der Waals surface area contributed by atoms with Crippen LogP contribution in [0.15, 0.2) is 6.20 Å². The Balaban J connectivity index is 2.53. The summed E-state index contributed by atoms with van der Waals surface area (Å²) >= 11 is 8.44. The molecule has 0 aliphatic carbocycles. The highest BCUT2D eigenvalue weighted by molar-refractivity contribution is 14.1. The Morgan fingerprint density at radius 1 is 1.37 bits per heavy atom. The van der Waals surface area contributed by atoms with Crippen LogP contribution in [0.2, 0.25) is 5.15 Å². The number of hydrogen-bond donors (Lipinski definition) is 0. The van der Waals surface area contributed by atoms with Gasteiger partial charge in [-0.2, -0.15) is 5.10 Å². The van der Waals surface area contributed by atoms with Crippen molar-refractivity contribution in [1.29, 1.82) is 0 Å². The van der Waals surface area contributed by atoms with Gasteiger partial charge in [-0.1, -0.05) is 25.4 Å². The first-order valence-electron chi connectivity index (χ1n) is 6.11. The maximum atomic E-state index is 6.23. The first-order chi connectivity index (χ1) is 8.88. The van der Waals surface area contributed by atoms with Crippen LogP contribution in [0.3, 0.4) is 0 Å². The van der Waals surface area contributed by atoms with E-state index < -0.39 is 0 Å². The quantitative estimate of drug-likeness (QED) is 0.593. The van der Waals surface area contributed by atoms with Crippen LogP contribution < -0.4 is 0 Å². The molecule has 0 saturated carbocycles. The number of nitrogens with zero attached hydrogens (tertiary/aromatic N) is 4. The van der Waals surface area contributed by atoms with Crippen molar-refractivity contribution in [2.24, 2.45) is 13.0 Å². The summed E-state index contributed by atoms with van der Waals surface area (Å²) in [7, 11) is 1.89. The third kappa shape index (κ3) is 3.25. The Labute approximate surface area is 131 Å². The van der Waals surface area contributed by atoms with E-state index in [-0.39, 0.29) is 0 Å². The third-order valence-electron chi connectivity index (χ3n) is 2.74. The Kier molecular flexibility index (Phi) is 4.45. The monoisotopic (exact) mass is 390 g/mol. The molecule has 0 aliphatic heterocycles. The molecule has 0 unspecified atom stereocenters. The van der Waals surface area contributed by atoms with Gasteiger partial charge in [-0.25, -0.2) is 9.97 Å². The van der Waals surface area contributed by atoms with Gasteiger partial charge < -0.3 is 0 Å². The van der Waals surface area contributed by atoms with Crippen LogP contribution in [-0.2, 0) is 13.5 Å². The topological polar surface area (TPSA) is 43.6 Å². The predicted molar refractivity (Wildman–Crippen MR) is 85.2 cm³/mol. The number of rotatable bonds is 3. The summed E-state index contributed by atoms with van der Waals surface area (Å²) in [5, 5.41) is 4.84. The summed E-state index contributed by atoms with van der Waals surface area (Å²) < 4.78 is 2.71. The van der Waals surface area contributed by atoms with E-state index in [1.165, 1.54) is 0 Å². The lowest BCUT2D eigenvalue weighted by molar-refractivity contribution is 0.632. The van der Waals surface area contributed by atoms with Gasteiger partial charge in [0, 0.05) is 13.2 Å². The maximum Gasteiger partial charge on any atom is 0.164 e.